The largest absolute Gasteiger partial charge is 0.478 e. The highest BCUT2D eigenvalue weighted by Crippen LogP contribution is 2.21. The first-order valence-corrected chi connectivity index (χ1v) is 4.23. The number of carbonyl (C=O) groups is 3. The molecule has 0 saturated carbocycles. The number of hydrogen-bond donors (Lipinski definition) is 3. The number of azo groups is 1. The van der Waals surface area contributed by atoms with Gasteiger partial charge in [0.25, 0.3) is 0 Å². The zero-order valence-electron chi connectivity index (χ0n) is 8.32. The predicted molar refractivity (Wildman–Crippen MR) is 54.5 cm³/mol. The first-order chi connectivity index (χ1) is 7.91. The first kappa shape index (κ1) is 12.3. The van der Waals surface area contributed by atoms with Crippen molar-refractivity contribution in [2.45, 2.75) is 0 Å². The molecule has 2 amide bonds. The summed E-state index contributed by atoms with van der Waals surface area (Å²) in [5.74, 6) is -2.66. The molecule has 0 fully saturated rings. The van der Waals surface area contributed by atoms with E-state index in [1.54, 1.807) is 0 Å². The molecular formula is C9H7N3O5. The summed E-state index contributed by atoms with van der Waals surface area (Å²) in [5.41, 5.74) is 3.96. The third-order valence-corrected chi connectivity index (χ3v) is 1.73. The van der Waals surface area contributed by atoms with Gasteiger partial charge in [-0.05, 0) is 18.2 Å². The lowest BCUT2D eigenvalue weighted by molar-refractivity contribution is 0.0696. The molecule has 1 aromatic rings. The minimum absolute atomic E-state index is 0.152. The third-order valence-electron chi connectivity index (χ3n) is 1.73. The SMILES string of the molecule is NC(=O)N=Nc1ccc(C(=O)O)cc1C(=O)O. The monoisotopic (exact) mass is 237 g/mol. The molecule has 0 aliphatic rings. The molecular weight excluding hydrogens is 230 g/mol. The summed E-state index contributed by atoms with van der Waals surface area (Å²) in [6.45, 7) is 0. The van der Waals surface area contributed by atoms with Crippen LogP contribution in [0, 0.1) is 0 Å². The van der Waals surface area contributed by atoms with Crippen molar-refractivity contribution in [2.24, 2.45) is 16.0 Å². The molecule has 0 bridgehead atoms. The van der Waals surface area contributed by atoms with Crippen molar-refractivity contribution in [3.8, 4) is 0 Å². The summed E-state index contributed by atoms with van der Waals surface area (Å²) in [7, 11) is 0. The van der Waals surface area contributed by atoms with Crippen LogP contribution in [-0.2, 0) is 0 Å². The highest BCUT2D eigenvalue weighted by Gasteiger charge is 2.13. The number of rotatable bonds is 3. The Kier molecular flexibility index (Phi) is 3.50. The van der Waals surface area contributed by atoms with Crippen molar-refractivity contribution in [1.82, 2.24) is 0 Å². The minimum Gasteiger partial charge on any atom is -0.478 e. The van der Waals surface area contributed by atoms with Gasteiger partial charge in [0.1, 0.15) is 5.69 Å². The van der Waals surface area contributed by atoms with E-state index in [2.05, 4.69) is 10.2 Å². The number of carbonyl (C=O) groups excluding carboxylic acids is 1. The van der Waals surface area contributed by atoms with Crippen LogP contribution in [0.25, 0.3) is 0 Å². The number of primary amides is 1. The lowest BCUT2D eigenvalue weighted by Crippen LogP contribution is -2.04. The molecule has 1 rings (SSSR count). The average Bonchev–Trinajstić information content (AvgIpc) is 2.25. The molecule has 0 aliphatic heterocycles. The molecule has 0 spiro atoms. The minimum atomic E-state index is -1.38. The fourth-order valence-corrected chi connectivity index (χ4v) is 1.03. The Labute approximate surface area is 94.4 Å². The molecule has 0 heterocycles. The van der Waals surface area contributed by atoms with E-state index in [0.717, 1.165) is 18.2 Å². The van der Waals surface area contributed by atoms with Crippen molar-refractivity contribution in [2.75, 3.05) is 0 Å². The summed E-state index contributed by atoms with van der Waals surface area (Å²) in [4.78, 5) is 31.8. The van der Waals surface area contributed by atoms with E-state index in [0.29, 0.717) is 0 Å². The Morgan fingerprint density at radius 1 is 1.12 bits per heavy atom. The van der Waals surface area contributed by atoms with E-state index in [-0.39, 0.29) is 16.8 Å². The van der Waals surface area contributed by atoms with Crippen LogP contribution < -0.4 is 5.73 Å². The zero-order valence-corrected chi connectivity index (χ0v) is 8.32. The van der Waals surface area contributed by atoms with E-state index >= 15 is 0 Å². The number of amides is 2. The normalized spacial score (nSPS) is 10.4. The second-order valence-corrected chi connectivity index (χ2v) is 2.88. The van der Waals surface area contributed by atoms with E-state index in [1.807, 2.05) is 0 Å². The van der Waals surface area contributed by atoms with Crippen LogP contribution in [-0.4, -0.2) is 28.2 Å². The number of urea groups is 1. The van der Waals surface area contributed by atoms with Crippen LogP contribution in [0.5, 0.6) is 0 Å². The van der Waals surface area contributed by atoms with Crippen molar-refractivity contribution >= 4 is 23.7 Å². The van der Waals surface area contributed by atoms with Crippen molar-refractivity contribution in [3.63, 3.8) is 0 Å². The number of carboxylic acid groups (broad SMARTS) is 2. The zero-order chi connectivity index (χ0) is 13.0. The van der Waals surface area contributed by atoms with E-state index in [1.165, 1.54) is 0 Å². The number of nitrogens with zero attached hydrogens (tertiary/aromatic N) is 2. The predicted octanol–water partition coefficient (Wildman–Crippen LogP) is 1.25. The Bertz CT molecular complexity index is 523. The van der Waals surface area contributed by atoms with Gasteiger partial charge >= 0.3 is 18.0 Å². The van der Waals surface area contributed by atoms with Gasteiger partial charge in [-0.1, -0.05) is 5.11 Å². The van der Waals surface area contributed by atoms with Crippen LogP contribution in [0.4, 0.5) is 10.5 Å². The van der Waals surface area contributed by atoms with Crippen molar-refractivity contribution in [3.05, 3.63) is 29.3 Å². The second-order valence-electron chi connectivity index (χ2n) is 2.88. The Morgan fingerprint density at radius 3 is 2.24 bits per heavy atom. The van der Waals surface area contributed by atoms with Gasteiger partial charge in [-0.15, -0.1) is 5.11 Å². The first-order valence-electron chi connectivity index (χ1n) is 4.23. The number of carboxylic acids is 2. The summed E-state index contributed by atoms with van der Waals surface area (Å²) < 4.78 is 0. The highest BCUT2D eigenvalue weighted by atomic mass is 16.4. The van der Waals surface area contributed by atoms with Gasteiger partial charge in [0.15, 0.2) is 0 Å². The summed E-state index contributed by atoms with van der Waals surface area (Å²) in [6, 6.07) is 2.10. The maximum absolute atomic E-state index is 10.8. The van der Waals surface area contributed by atoms with Gasteiger partial charge in [0.2, 0.25) is 0 Å². The van der Waals surface area contributed by atoms with Crippen LogP contribution in [0.3, 0.4) is 0 Å². The van der Waals surface area contributed by atoms with Gasteiger partial charge in [-0.25, -0.2) is 14.4 Å². The molecule has 8 heteroatoms. The maximum atomic E-state index is 10.8. The topological polar surface area (TPSA) is 142 Å². The van der Waals surface area contributed by atoms with Gasteiger partial charge in [0, 0.05) is 0 Å². The molecule has 0 radical (unpaired) electrons. The number of hydrogen-bond acceptors (Lipinski definition) is 4. The van der Waals surface area contributed by atoms with Gasteiger partial charge in [-0.3, -0.25) is 0 Å². The smallest absolute Gasteiger partial charge is 0.356 e. The molecule has 0 atom stereocenters. The van der Waals surface area contributed by atoms with Crippen molar-refractivity contribution < 1.29 is 24.6 Å². The average molecular weight is 237 g/mol. The third kappa shape index (κ3) is 3.09. The van der Waals surface area contributed by atoms with Crippen LogP contribution in [0.15, 0.2) is 28.4 Å². The Hall–Kier alpha value is -2.77. The molecule has 88 valence electrons. The quantitative estimate of drug-likeness (QED) is 0.677. The van der Waals surface area contributed by atoms with Crippen LogP contribution in [0.1, 0.15) is 20.7 Å². The molecule has 0 unspecified atom stereocenters. The molecule has 1 aromatic carbocycles. The Balaban J connectivity index is 3.27. The molecule has 0 aliphatic carbocycles. The highest BCUT2D eigenvalue weighted by molar-refractivity contribution is 5.97. The van der Waals surface area contributed by atoms with Crippen LogP contribution in [0.2, 0.25) is 0 Å². The molecule has 0 saturated heterocycles. The lowest BCUT2D eigenvalue weighted by atomic mass is 10.1. The fourth-order valence-electron chi connectivity index (χ4n) is 1.03. The van der Waals surface area contributed by atoms with Gasteiger partial charge < -0.3 is 15.9 Å². The van der Waals surface area contributed by atoms with Gasteiger partial charge in [-0.2, -0.15) is 0 Å². The lowest BCUT2D eigenvalue weighted by Gasteiger charge is -2.01. The number of nitrogens with two attached hydrogens (primary N) is 1. The fraction of sp³-hybridized carbons (Fsp3) is 0. The molecule has 8 nitrogen and oxygen atoms in total. The molecule has 17 heavy (non-hydrogen) atoms. The number of aromatic carboxylic acids is 2. The van der Waals surface area contributed by atoms with Crippen molar-refractivity contribution in [1.29, 1.82) is 0 Å². The van der Waals surface area contributed by atoms with E-state index < -0.39 is 18.0 Å². The summed E-state index contributed by atoms with van der Waals surface area (Å²) in [6.07, 6.45) is 0. The van der Waals surface area contributed by atoms with E-state index in [4.69, 9.17) is 15.9 Å². The summed E-state index contributed by atoms with van der Waals surface area (Å²) >= 11 is 0. The van der Waals surface area contributed by atoms with Crippen LogP contribution >= 0.6 is 0 Å². The molecule has 0 aromatic heterocycles. The standard InChI is InChI=1S/C9H7N3O5/c10-9(17)12-11-6-2-1-4(7(13)14)3-5(6)8(15)16/h1-3H,(H2,10,17)(H,13,14)(H,15,16). The van der Waals surface area contributed by atoms with E-state index in [9.17, 15) is 14.4 Å². The number of benzene rings is 1. The molecule has 4 N–H and O–H groups in total. The second kappa shape index (κ2) is 4.84. The Morgan fingerprint density at radius 2 is 1.76 bits per heavy atom. The maximum Gasteiger partial charge on any atom is 0.356 e. The van der Waals surface area contributed by atoms with Gasteiger partial charge in [0.05, 0.1) is 11.1 Å². The summed E-state index contributed by atoms with van der Waals surface area (Å²) in [5, 5.41) is 23.8.